The van der Waals surface area contributed by atoms with Crippen LogP contribution in [0.1, 0.15) is 48.8 Å². The molecule has 1 aliphatic carbocycles. The smallest absolute Gasteiger partial charge is 0.264 e. The van der Waals surface area contributed by atoms with E-state index in [0.717, 1.165) is 35.9 Å². The number of fused-ring (bicyclic) bond motifs is 3. The lowest BCUT2D eigenvalue weighted by molar-refractivity contribution is 0.271. The zero-order valence-corrected chi connectivity index (χ0v) is 16.3. The second-order valence-electron chi connectivity index (χ2n) is 7.08. The van der Waals surface area contributed by atoms with Crippen LogP contribution in [-0.2, 0) is 19.4 Å². The molecule has 0 saturated heterocycles. The number of aryl methyl sites for hydroxylation is 2. The Balaban J connectivity index is 1.87. The summed E-state index contributed by atoms with van der Waals surface area (Å²) in [5, 5.41) is 13.6. The van der Waals surface area contributed by atoms with E-state index in [4.69, 9.17) is 9.40 Å². The molecule has 0 fully saturated rings. The average Bonchev–Trinajstić information content (AvgIpc) is 3.24. The molecule has 6 nitrogen and oxygen atoms in total. The van der Waals surface area contributed by atoms with Gasteiger partial charge >= 0.3 is 0 Å². The van der Waals surface area contributed by atoms with E-state index < -0.39 is 0 Å². The first-order chi connectivity index (χ1) is 13.2. The van der Waals surface area contributed by atoms with Crippen LogP contribution in [0.4, 0.5) is 5.95 Å². The minimum absolute atomic E-state index is 0.00784. The van der Waals surface area contributed by atoms with Crippen LogP contribution >= 0.6 is 11.3 Å². The van der Waals surface area contributed by atoms with Gasteiger partial charge in [0.15, 0.2) is 0 Å². The Kier molecular flexibility index (Phi) is 5.31. The van der Waals surface area contributed by atoms with Gasteiger partial charge < -0.3 is 14.8 Å². The monoisotopic (exact) mass is 387 g/mol. The Labute approximate surface area is 161 Å². The molecular weight excluding hydrogens is 362 g/mol. The normalized spacial score (nSPS) is 15.5. The molecule has 0 radical (unpaired) electrons. The predicted octanol–water partition coefficient (Wildman–Crippen LogP) is 3.55. The van der Waals surface area contributed by atoms with Gasteiger partial charge in [-0.2, -0.15) is 0 Å². The first-order valence-corrected chi connectivity index (χ1v) is 10.5. The fraction of sp³-hybridized carbons (Fsp3) is 0.500. The number of anilines is 1. The van der Waals surface area contributed by atoms with Gasteiger partial charge in [0.05, 0.1) is 30.8 Å². The second-order valence-corrected chi connectivity index (χ2v) is 8.17. The Hall–Kier alpha value is -2.12. The fourth-order valence-electron chi connectivity index (χ4n) is 3.69. The zero-order valence-electron chi connectivity index (χ0n) is 15.5. The Bertz CT molecular complexity index is 971. The van der Waals surface area contributed by atoms with Crippen LogP contribution < -0.4 is 10.9 Å². The van der Waals surface area contributed by atoms with Crippen molar-refractivity contribution < 1.29 is 9.52 Å². The van der Waals surface area contributed by atoms with Crippen LogP contribution in [0.5, 0.6) is 0 Å². The quantitative estimate of drug-likeness (QED) is 0.632. The lowest BCUT2D eigenvalue weighted by Gasteiger charge is -2.18. The molecule has 0 saturated carbocycles. The molecular formula is C20H25N3O3S. The van der Waals surface area contributed by atoms with Gasteiger partial charge in [0.2, 0.25) is 5.95 Å². The number of nitrogens with zero attached hydrogens (tertiary/aromatic N) is 2. The molecule has 2 N–H and O–H groups in total. The number of hydrogen-bond donors (Lipinski definition) is 2. The summed E-state index contributed by atoms with van der Waals surface area (Å²) in [6, 6.07) is 3.53. The number of aliphatic hydroxyl groups is 1. The Morgan fingerprint density at radius 1 is 1.37 bits per heavy atom. The molecule has 144 valence electrons. The number of furan rings is 1. The molecule has 3 aromatic heterocycles. The van der Waals surface area contributed by atoms with E-state index in [1.807, 2.05) is 19.1 Å². The third kappa shape index (κ3) is 3.53. The lowest BCUT2D eigenvalue weighted by Crippen LogP contribution is -2.31. The fourth-order valence-corrected chi connectivity index (χ4v) is 4.94. The van der Waals surface area contributed by atoms with Crippen LogP contribution in [0.25, 0.3) is 10.2 Å². The highest BCUT2D eigenvalue weighted by molar-refractivity contribution is 7.18. The van der Waals surface area contributed by atoms with Crippen molar-refractivity contribution in [2.75, 3.05) is 11.9 Å². The van der Waals surface area contributed by atoms with Gasteiger partial charge in [-0.25, -0.2) is 4.98 Å². The summed E-state index contributed by atoms with van der Waals surface area (Å²) in [4.78, 5) is 20.4. The first-order valence-electron chi connectivity index (χ1n) is 9.66. The van der Waals surface area contributed by atoms with Crippen molar-refractivity contribution >= 4 is 27.5 Å². The van der Waals surface area contributed by atoms with Crippen molar-refractivity contribution in [3.8, 4) is 0 Å². The summed E-state index contributed by atoms with van der Waals surface area (Å²) >= 11 is 1.65. The van der Waals surface area contributed by atoms with Crippen LogP contribution in [0.15, 0.2) is 27.6 Å². The minimum atomic E-state index is -0.144. The van der Waals surface area contributed by atoms with E-state index in [-0.39, 0.29) is 18.2 Å². The molecule has 3 aromatic rings. The molecule has 1 aliphatic rings. The van der Waals surface area contributed by atoms with Crippen molar-refractivity contribution in [3.05, 3.63) is 45.0 Å². The summed E-state index contributed by atoms with van der Waals surface area (Å²) in [6.45, 7) is 2.31. The summed E-state index contributed by atoms with van der Waals surface area (Å²) in [5.74, 6) is 1.21. The third-order valence-corrected chi connectivity index (χ3v) is 6.45. The van der Waals surface area contributed by atoms with E-state index in [1.54, 1.807) is 22.2 Å². The maximum absolute atomic E-state index is 13.5. The van der Waals surface area contributed by atoms with Crippen molar-refractivity contribution in [1.29, 1.82) is 0 Å². The molecule has 0 amide bonds. The van der Waals surface area contributed by atoms with E-state index in [2.05, 4.69) is 5.32 Å². The van der Waals surface area contributed by atoms with Gasteiger partial charge in [0.1, 0.15) is 10.6 Å². The average molecular weight is 388 g/mol. The molecule has 4 rings (SSSR count). The van der Waals surface area contributed by atoms with Crippen molar-refractivity contribution in [2.24, 2.45) is 0 Å². The van der Waals surface area contributed by atoms with Crippen LogP contribution in [0.2, 0.25) is 0 Å². The van der Waals surface area contributed by atoms with Crippen molar-refractivity contribution in [1.82, 2.24) is 9.55 Å². The van der Waals surface area contributed by atoms with Crippen molar-refractivity contribution in [3.63, 3.8) is 0 Å². The van der Waals surface area contributed by atoms with E-state index >= 15 is 0 Å². The number of thiophene rings is 1. The van der Waals surface area contributed by atoms with E-state index in [0.29, 0.717) is 18.3 Å². The summed E-state index contributed by atoms with van der Waals surface area (Å²) in [6.07, 6.45) is 7.85. The molecule has 0 spiro atoms. The molecule has 3 heterocycles. The molecule has 1 unspecified atom stereocenters. The highest BCUT2D eigenvalue weighted by atomic mass is 32.1. The van der Waals surface area contributed by atoms with Crippen LogP contribution in [0.3, 0.4) is 0 Å². The maximum Gasteiger partial charge on any atom is 0.264 e. The van der Waals surface area contributed by atoms with Crippen molar-refractivity contribution in [2.45, 2.75) is 58.0 Å². The Morgan fingerprint density at radius 2 is 2.22 bits per heavy atom. The molecule has 1 atom stereocenters. The number of aromatic nitrogens is 2. The third-order valence-electron chi connectivity index (χ3n) is 5.27. The predicted molar refractivity (Wildman–Crippen MR) is 108 cm³/mol. The summed E-state index contributed by atoms with van der Waals surface area (Å²) in [7, 11) is 0. The number of nitrogens with one attached hydrogen (secondary N) is 1. The van der Waals surface area contributed by atoms with E-state index in [9.17, 15) is 9.90 Å². The molecule has 0 aliphatic heterocycles. The molecule has 0 bridgehead atoms. The van der Waals surface area contributed by atoms with Gasteiger partial charge in [-0.3, -0.25) is 9.36 Å². The number of hydrogen-bond acceptors (Lipinski definition) is 6. The molecule has 0 aromatic carbocycles. The summed E-state index contributed by atoms with van der Waals surface area (Å²) < 4.78 is 7.12. The Morgan fingerprint density at radius 3 is 2.96 bits per heavy atom. The molecule has 27 heavy (non-hydrogen) atoms. The highest BCUT2D eigenvalue weighted by Crippen LogP contribution is 2.33. The summed E-state index contributed by atoms with van der Waals surface area (Å²) in [5.41, 5.74) is 1.17. The van der Waals surface area contributed by atoms with Gasteiger partial charge in [0, 0.05) is 4.88 Å². The number of aliphatic hydroxyl groups excluding tert-OH is 1. The number of rotatable bonds is 6. The van der Waals surface area contributed by atoms with E-state index in [1.165, 1.54) is 23.3 Å². The van der Waals surface area contributed by atoms with Gasteiger partial charge in [0.25, 0.3) is 5.56 Å². The van der Waals surface area contributed by atoms with Crippen LogP contribution in [-0.4, -0.2) is 27.3 Å². The second kappa shape index (κ2) is 7.86. The largest absolute Gasteiger partial charge is 0.467 e. The minimum Gasteiger partial charge on any atom is -0.467 e. The van der Waals surface area contributed by atoms with Gasteiger partial charge in [-0.1, -0.05) is 13.3 Å². The topological polar surface area (TPSA) is 80.3 Å². The zero-order chi connectivity index (χ0) is 18.8. The maximum atomic E-state index is 13.5. The van der Waals surface area contributed by atoms with Gasteiger partial charge in [-0.05, 0) is 49.8 Å². The molecule has 7 heteroatoms. The van der Waals surface area contributed by atoms with Crippen LogP contribution in [0, 0.1) is 0 Å². The van der Waals surface area contributed by atoms with Gasteiger partial charge in [-0.15, -0.1) is 11.3 Å². The highest BCUT2D eigenvalue weighted by Gasteiger charge is 2.22. The standard InChI is InChI=1S/C20H25N3O3S/c1-2-13(12-24)21-20-22-18-17(15-8-4-3-5-9-16(15)27-18)19(25)23(20)11-14-7-6-10-26-14/h6-7,10,13,24H,2-5,8-9,11-12H2,1H3,(H,21,22). The first kappa shape index (κ1) is 18.3. The SMILES string of the molecule is CCC(CO)Nc1nc2sc3c(c2c(=O)n1Cc1ccco1)CCCCC3. The lowest BCUT2D eigenvalue weighted by atomic mass is 10.1.